The Kier molecular flexibility index (Phi) is 3.96. The first-order chi connectivity index (χ1) is 8.40. The van der Waals surface area contributed by atoms with Crippen LogP contribution in [0.1, 0.15) is 25.7 Å². The van der Waals surface area contributed by atoms with Gasteiger partial charge in [0, 0.05) is 25.7 Å². The molecule has 0 aromatic carbocycles. The van der Waals surface area contributed by atoms with Crippen molar-refractivity contribution in [3.05, 3.63) is 0 Å². The van der Waals surface area contributed by atoms with Gasteiger partial charge in [-0.1, -0.05) is 0 Å². The van der Waals surface area contributed by atoms with Crippen LogP contribution in [0.3, 0.4) is 0 Å². The van der Waals surface area contributed by atoms with Crippen LogP contribution < -0.4 is 5.32 Å². The van der Waals surface area contributed by atoms with Crippen molar-refractivity contribution in [3.63, 3.8) is 0 Å². The number of rotatable bonds is 4. The molecule has 3 heterocycles. The Morgan fingerprint density at radius 1 is 1.24 bits per heavy atom. The minimum atomic E-state index is 0.354. The van der Waals surface area contributed by atoms with Crippen LogP contribution in [0.15, 0.2) is 0 Å². The SMILES string of the molecule is C1CCN(C[C@@H]2C[C@@H](OC3CCOC3)CN2)C1. The fourth-order valence-electron chi connectivity index (χ4n) is 3.19. The van der Waals surface area contributed by atoms with Crippen LogP contribution in [-0.2, 0) is 9.47 Å². The van der Waals surface area contributed by atoms with Gasteiger partial charge < -0.3 is 19.7 Å². The fraction of sp³-hybridized carbons (Fsp3) is 1.00. The Morgan fingerprint density at radius 3 is 2.88 bits per heavy atom. The summed E-state index contributed by atoms with van der Waals surface area (Å²) in [5.41, 5.74) is 0. The van der Waals surface area contributed by atoms with Crippen LogP contribution in [-0.4, -0.2) is 62.5 Å². The number of hydrogen-bond acceptors (Lipinski definition) is 4. The zero-order valence-corrected chi connectivity index (χ0v) is 10.6. The first-order valence-corrected chi connectivity index (χ1v) is 7.09. The van der Waals surface area contributed by atoms with Crippen LogP contribution in [0.25, 0.3) is 0 Å². The molecular formula is C13H24N2O2. The van der Waals surface area contributed by atoms with Crippen molar-refractivity contribution in [2.45, 2.75) is 43.9 Å². The summed E-state index contributed by atoms with van der Waals surface area (Å²) < 4.78 is 11.4. The van der Waals surface area contributed by atoms with Gasteiger partial charge in [-0.2, -0.15) is 0 Å². The minimum absolute atomic E-state index is 0.354. The fourth-order valence-corrected chi connectivity index (χ4v) is 3.19. The maximum atomic E-state index is 6.06. The molecule has 3 fully saturated rings. The molecule has 0 aromatic rings. The molecule has 4 heteroatoms. The number of likely N-dealkylation sites (tertiary alicyclic amines) is 1. The monoisotopic (exact) mass is 240 g/mol. The minimum Gasteiger partial charge on any atom is -0.379 e. The van der Waals surface area contributed by atoms with E-state index in [0.29, 0.717) is 18.2 Å². The molecule has 0 saturated carbocycles. The van der Waals surface area contributed by atoms with Gasteiger partial charge in [0.25, 0.3) is 0 Å². The molecule has 1 unspecified atom stereocenters. The van der Waals surface area contributed by atoms with Crippen LogP contribution in [0.2, 0.25) is 0 Å². The van der Waals surface area contributed by atoms with E-state index in [-0.39, 0.29) is 0 Å². The molecule has 0 radical (unpaired) electrons. The number of hydrogen-bond donors (Lipinski definition) is 1. The van der Waals surface area contributed by atoms with Gasteiger partial charge in [0.2, 0.25) is 0 Å². The smallest absolute Gasteiger partial charge is 0.0834 e. The summed E-state index contributed by atoms with van der Waals surface area (Å²) in [6.07, 6.45) is 5.78. The summed E-state index contributed by atoms with van der Waals surface area (Å²) in [7, 11) is 0. The topological polar surface area (TPSA) is 33.7 Å². The molecule has 0 bridgehead atoms. The lowest BCUT2D eigenvalue weighted by Gasteiger charge is -2.20. The van der Waals surface area contributed by atoms with Gasteiger partial charge in [0.1, 0.15) is 0 Å². The van der Waals surface area contributed by atoms with E-state index in [0.717, 1.165) is 26.2 Å². The number of ether oxygens (including phenoxy) is 2. The molecule has 0 spiro atoms. The van der Waals surface area contributed by atoms with Crippen molar-refractivity contribution >= 4 is 0 Å². The number of nitrogens with zero attached hydrogens (tertiary/aromatic N) is 1. The third kappa shape index (κ3) is 3.19. The molecule has 3 atom stereocenters. The first-order valence-electron chi connectivity index (χ1n) is 7.09. The van der Waals surface area contributed by atoms with Crippen molar-refractivity contribution in [2.24, 2.45) is 0 Å². The van der Waals surface area contributed by atoms with E-state index in [1.807, 2.05) is 0 Å². The highest BCUT2D eigenvalue weighted by molar-refractivity contribution is 4.86. The summed E-state index contributed by atoms with van der Waals surface area (Å²) in [5, 5.41) is 3.60. The highest BCUT2D eigenvalue weighted by Gasteiger charge is 2.29. The second-order valence-electron chi connectivity index (χ2n) is 5.59. The van der Waals surface area contributed by atoms with Crippen molar-refractivity contribution in [2.75, 3.05) is 39.4 Å². The van der Waals surface area contributed by atoms with E-state index in [1.165, 1.54) is 38.9 Å². The standard InChI is InChI=1S/C13H24N2O2/c1-2-5-15(4-1)9-11-7-13(8-14-11)17-12-3-6-16-10-12/h11-14H,1-10H2/t11-,12?,13+/m0/s1. The van der Waals surface area contributed by atoms with Gasteiger partial charge in [0.05, 0.1) is 18.8 Å². The molecule has 3 rings (SSSR count). The lowest BCUT2D eigenvalue weighted by atomic mass is 10.2. The lowest BCUT2D eigenvalue weighted by Crippen LogP contribution is -2.35. The third-order valence-electron chi connectivity index (χ3n) is 4.13. The van der Waals surface area contributed by atoms with Crippen molar-refractivity contribution < 1.29 is 9.47 Å². The zero-order chi connectivity index (χ0) is 11.5. The van der Waals surface area contributed by atoms with Crippen LogP contribution in [0.5, 0.6) is 0 Å². The van der Waals surface area contributed by atoms with Gasteiger partial charge in [-0.05, 0) is 38.8 Å². The molecule has 3 aliphatic heterocycles. The van der Waals surface area contributed by atoms with Crippen LogP contribution in [0, 0.1) is 0 Å². The Balaban J connectivity index is 1.38. The average molecular weight is 240 g/mol. The van der Waals surface area contributed by atoms with Crippen molar-refractivity contribution in [3.8, 4) is 0 Å². The summed E-state index contributed by atoms with van der Waals surface area (Å²) in [5.74, 6) is 0. The van der Waals surface area contributed by atoms with Crippen molar-refractivity contribution in [1.82, 2.24) is 10.2 Å². The molecule has 3 aliphatic rings. The molecule has 3 saturated heterocycles. The van der Waals surface area contributed by atoms with Gasteiger partial charge in [-0.25, -0.2) is 0 Å². The second kappa shape index (κ2) is 5.65. The molecular weight excluding hydrogens is 216 g/mol. The largest absolute Gasteiger partial charge is 0.379 e. The average Bonchev–Trinajstić information content (AvgIpc) is 3.02. The summed E-state index contributed by atoms with van der Waals surface area (Å²) in [4.78, 5) is 2.58. The van der Waals surface area contributed by atoms with E-state index in [1.54, 1.807) is 0 Å². The second-order valence-corrected chi connectivity index (χ2v) is 5.59. The Hall–Kier alpha value is -0.160. The maximum absolute atomic E-state index is 6.06. The molecule has 0 amide bonds. The molecule has 0 aromatic heterocycles. The molecule has 4 nitrogen and oxygen atoms in total. The van der Waals surface area contributed by atoms with Crippen LogP contribution in [0.4, 0.5) is 0 Å². The first kappa shape index (κ1) is 11.9. The molecule has 1 N–H and O–H groups in total. The van der Waals surface area contributed by atoms with E-state index < -0.39 is 0 Å². The molecule has 98 valence electrons. The summed E-state index contributed by atoms with van der Waals surface area (Å²) >= 11 is 0. The van der Waals surface area contributed by atoms with Crippen LogP contribution >= 0.6 is 0 Å². The summed E-state index contributed by atoms with van der Waals surface area (Å²) in [6, 6.07) is 0.639. The Labute approximate surface area is 104 Å². The van der Waals surface area contributed by atoms with E-state index in [9.17, 15) is 0 Å². The molecule has 17 heavy (non-hydrogen) atoms. The highest BCUT2D eigenvalue weighted by atomic mass is 16.6. The van der Waals surface area contributed by atoms with E-state index in [4.69, 9.17) is 9.47 Å². The van der Waals surface area contributed by atoms with Gasteiger partial charge >= 0.3 is 0 Å². The Bertz CT molecular complexity index is 214. The quantitative estimate of drug-likeness (QED) is 0.781. The van der Waals surface area contributed by atoms with E-state index >= 15 is 0 Å². The van der Waals surface area contributed by atoms with Gasteiger partial charge in [-0.15, -0.1) is 0 Å². The predicted octanol–water partition coefficient (Wildman–Crippen LogP) is 0.618. The predicted molar refractivity (Wildman–Crippen MR) is 66.2 cm³/mol. The number of nitrogens with one attached hydrogen (secondary N) is 1. The van der Waals surface area contributed by atoms with Crippen molar-refractivity contribution in [1.29, 1.82) is 0 Å². The molecule has 0 aliphatic carbocycles. The Morgan fingerprint density at radius 2 is 2.12 bits per heavy atom. The highest BCUT2D eigenvalue weighted by Crippen LogP contribution is 2.18. The van der Waals surface area contributed by atoms with Gasteiger partial charge in [0.15, 0.2) is 0 Å². The normalized spacial score (nSPS) is 39.2. The lowest BCUT2D eigenvalue weighted by molar-refractivity contribution is -0.00674. The van der Waals surface area contributed by atoms with E-state index in [2.05, 4.69) is 10.2 Å². The summed E-state index contributed by atoms with van der Waals surface area (Å²) in [6.45, 7) is 6.49. The van der Waals surface area contributed by atoms with Gasteiger partial charge in [-0.3, -0.25) is 0 Å². The third-order valence-corrected chi connectivity index (χ3v) is 4.13. The zero-order valence-electron chi connectivity index (χ0n) is 10.6. The maximum Gasteiger partial charge on any atom is 0.0834 e.